The second-order valence-corrected chi connectivity index (χ2v) is 9.92. The number of phenols is 1. The average molecular weight is 435 g/mol. The molecule has 0 spiro atoms. The lowest BCUT2D eigenvalue weighted by Gasteiger charge is -2.34. The standard InChI is InChI=1S/C27H34N2O3/c1-6-28-11-13-29(14-12-28)17-21-22(30)15-18(2)24-25(31)23(32-26(21)24)16-19-7-9-20(10-8-19)27(3,4)5/h7-10,15-16,30H,6,11-14,17H2,1-5H3/b23-16-. The zero-order chi connectivity index (χ0) is 23.0. The van der Waals surface area contributed by atoms with Crippen molar-refractivity contribution in [2.75, 3.05) is 32.7 Å². The number of ether oxygens (including phenoxy) is 1. The number of fused-ring (bicyclic) bond motifs is 1. The molecule has 2 aliphatic heterocycles. The second-order valence-electron chi connectivity index (χ2n) is 9.92. The number of carbonyl (C=O) groups is 1. The molecule has 1 saturated heterocycles. The summed E-state index contributed by atoms with van der Waals surface area (Å²) in [6, 6.07) is 9.92. The smallest absolute Gasteiger partial charge is 0.232 e. The molecule has 32 heavy (non-hydrogen) atoms. The van der Waals surface area contributed by atoms with Crippen molar-refractivity contribution in [1.29, 1.82) is 0 Å². The molecule has 0 radical (unpaired) electrons. The van der Waals surface area contributed by atoms with Crippen molar-refractivity contribution in [3.05, 3.63) is 63.9 Å². The number of likely N-dealkylation sites (N-methyl/N-ethyl adjacent to an activating group) is 1. The molecule has 0 aromatic heterocycles. The van der Waals surface area contributed by atoms with Crippen LogP contribution in [0.4, 0.5) is 0 Å². The Balaban J connectivity index is 1.60. The SMILES string of the molecule is CCN1CCN(Cc2c(O)cc(C)c3c2O/C(=C\c2ccc(C(C)(C)C)cc2)C3=O)CC1. The Morgan fingerprint density at radius 2 is 1.69 bits per heavy atom. The van der Waals surface area contributed by atoms with Crippen molar-refractivity contribution >= 4 is 11.9 Å². The molecule has 2 heterocycles. The highest BCUT2D eigenvalue weighted by Gasteiger charge is 2.34. The molecule has 5 heteroatoms. The lowest BCUT2D eigenvalue weighted by Crippen LogP contribution is -2.45. The molecule has 0 bridgehead atoms. The van der Waals surface area contributed by atoms with Gasteiger partial charge in [0, 0.05) is 32.7 Å². The Morgan fingerprint density at radius 1 is 1.06 bits per heavy atom. The zero-order valence-corrected chi connectivity index (χ0v) is 19.9. The Kier molecular flexibility index (Phi) is 6.15. The highest BCUT2D eigenvalue weighted by molar-refractivity contribution is 6.15. The molecular formula is C27H34N2O3. The minimum absolute atomic E-state index is 0.0771. The fourth-order valence-corrected chi connectivity index (χ4v) is 4.45. The minimum Gasteiger partial charge on any atom is -0.507 e. The predicted octanol–water partition coefficient (Wildman–Crippen LogP) is 4.75. The van der Waals surface area contributed by atoms with Crippen LogP contribution in [0.1, 0.15) is 60.3 Å². The van der Waals surface area contributed by atoms with E-state index >= 15 is 0 Å². The molecule has 0 unspecified atom stereocenters. The lowest BCUT2D eigenvalue weighted by molar-refractivity contribution is 0.101. The van der Waals surface area contributed by atoms with E-state index in [1.807, 2.05) is 19.1 Å². The van der Waals surface area contributed by atoms with Crippen molar-refractivity contribution in [2.45, 2.75) is 46.6 Å². The normalized spacial score (nSPS) is 18.8. The first-order valence-electron chi connectivity index (χ1n) is 11.5. The fraction of sp³-hybridized carbons (Fsp3) is 0.444. The third kappa shape index (κ3) is 4.45. The summed E-state index contributed by atoms with van der Waals surface area (Å²) in [5.41, 5.74) is 4.26. The van der Waals surface area contributed by atoms with Crippen molar-refractivity contribution in [2.24, 2.45) is 0 Å². The van der Waals surface area contributed by atoms with Gasteiger partial charge in [-0.15, -0.1) is 0 Å². The van der Waals surface area contributed by atoms with Gasteiger partial charge in [-0.25, -0.2) is 0 Å². The Bertz CT molecular complexity index is 1040. The van der Waals surface area contributed by atoms with Crippen LogP contribution in [-0.4, -0.2) is 53.4 Å². The molecule has 2 aliphatic rings. The maximum atomic E-state index is 13.2. The Hall–Kier alpha value is -2.63. The molecule has 0 saturated carbocycles. The highest BCUT2D eigenvalue weighted by Crippen LogP contribution is 2.42. The van der Waals surface area contributed by atoms with Gasteiger partial charge >= 0.3 is 0 Å². The number of carbonyl (C=O) groups excluding carboxylic acids is 1. The number of piperazine rings is 1. The van der Waals surface area contributed by atoms with E-state index in [0.717, 1.165) is 43.9 Å². The van der Waals surface area contributed by atoms with Crippen molar-refractivity contribution in [3.63, 3.8) is 0 Å². The molecule has 2 aromatic rings. The number of phenolic OH excluding ortho intramolecular Hbond substituents is 1. The summed E-state index contributed by atoms with van der Waals surface area (Å²) in [5.74, 6) is 0.912. The predicted molar refractivity (Wildman–Crippen MR) is 128 cm³/mol. The van der Waals surface area contributed by atoms with Crippen LogP contribution in [0.5, 0.6) is 11.5 Å². The monoisotopic (exact) mass is 434 g/mol. The largest absolute Gasteiger partial charge is 0.507 e. The van der Waals surface area contributed by atoms with E-state index < -0.39 is 0 Å². The fourth-order valence-electron chi connectivity index (χ4n) is 4.45. The van der Waals surface area contributed by atoms with Gasteiger partial charge in [0.05, 0.1) is 11.1 Å². The van der Waals surface area contributed by atoms with Gasteiger partial charge in [-0.3, -0.25) is 9.69 Å². The molecule has 4 rings (SSSR count). The van der Waals surface area contributed by atoms with Crippen molar-refractivity contribution in [1.82, 2.24) is 9.80 Å². The molecule has 0 amide bonds. The summed E-state index contributed by atoms with van der Waals surface area (Å²) in [6.45, 7) is 16.1. The molecule has 1 fully saturated rings. The van der Waals surface area contributed by atoms with E-state index in [1.54, 1.807) is 12.1 Å². The number of aromatic hydroxyl groups is 1. The van der Waals surface area contributed by atoms with Crippen LogP contribution in [0.15, 0.2) is 36.1 Å². The minimum atomic E-state index is -0.116. The Labute approximate surface area is 191 Å². The van der Waals surface area contributed by atoms with Crippen LogP contribution in [0.25, 0.3) is 6.08 Å². The van der Waals surface area contributed by atoms with E-state index in [4.69, 9.17) is 4.74 Å². The number of nitrogens with zero attached hydrogens (tertiary/aromatic N) is 2. The summed E-state index contributed by atoms with van der Waals surface area (Å²) in [4.78, 5) is 17.9. The first-order valence-corrected chi connectivity index (χ1v) is 11.5. The first-order chi connectivity index (χ1) is 15.2. The van der Waals surface area contributed by atoms with Gasteiger partial charge in [0.25, 0.3) is 0 Å². The topological polar surface area (TPSA) is 53.0 Å². The number of hydrogen-bond donors (Lipinski definition) is 1. The Morgan fingerprint density at radius 3 is 2.28 bits per heavy atom. The molecule has 170 valence electrons. The van der Waals surface area contributed by atoms with Crippen molar-refractivity contribution in [3.8, 4) is 11.5 Å². The number of ketones is 1. The number of rotatable bonds is 4. The molecule has 1 N–H and O–H groups in total. The first kappa shape index (κ1) is 22.6. The summed E-state index contributed by atoms with van der Waals surface area (Å²) in [6.07, 6.45) is 1.80. The summed E-state index contributed by atoms with van der Waals surface area (Å²) >= 11 is 0. The average Bonchev–Trinajstić information content (AvgIpc) is 3.07. The van der Waals surface area contributed by atoms with Gasteiger partial charge in [0.2, 0.25) is 5.78 Å². The van der Waals surface area contributed by atoms with Crippen LogP contribution in [-0.2, 0) is 12.0 Å². The van der Waals surface area contributed by atoms with Gasteiger partial charge in [0.1, 0.15) is 11.5 Å². The maximum absolute atomic E-state index is 13.2. The summed E-state index contributed by atoms with van der Waals surface area (Å²) < 4.78 is 6.11. The third-order valence-corrected chi connectivity index (χ3v) is 6.59. The summed E-state index contributed by atoms with van der Waals surface area (Å²) in [7, 11) is 0. The van der Waals surface area contributed by atoms with Crippen LogP contribution in [0.3, 0.4) is 0 Å². The van der Waals surface area contributed by atoms with Gasteiger partial charge in [0.15, 0.2) is 5.76 Å². The van der Waals surface area contributed by atoms with E-state index in [2.05, 4.69) is 49.6 Å². The van der Waals surface area contributed by atoms with Gasteiger partial charge in [-0.2, -0.15) is 0 Å². The van der Waals surface area contributed by atoms with E-state index in [-0.39, 0.29) is 16.9 Å². The molecular weight excluding hydrogens is 400 g/mol. The van der Waals surface area contributed by atoms with Crippen LogP contribution < -0.4 is 4.74 Å². The zero-order valence-electron chi connectivity index (χ0n) is 19.9. The van der Waals surface area contributed by atoms with Crippen LogP contribution >= 0.6 is 0 Å². The van der Waals surface area contributed by atoms with E-state index in [1.165, 1.54) is 5.56 Å². The van der Waals surface area contributed by atoms with Crippen LogP contribution in [0, 0.1) is 6.92 Å². The number of benzene rings is 2. The molecule has 0 aliphatic carbocycles. The van der Waals surface area contributed by atoms with Crippen molar-refractivity contribution < 1.29 is 14.6 Å². The molecule has 5 nitrogen and oxygen atoms in total. The van der Waals surface area contributed by atoms with E-state index in [9.17, 15) is 9.90 Å². The van der Waals surface area contributed by atoms with Gasteiger partial charge < -0.3 is 14.7 Å². The maximum Gasteiger partial charge on any atom is 0.232 e. The lowest BCUT2D eigenvalue weighted by atomic mass is 9.86. The van der Waals surface area contributed by atoms with Gasteiger partial charge in [-0.05, 0) is 47.7 Å². The number of Topliss-reactive ketones (excluding diaryl/α,β-unsaturated/α-hetero) is 1. The van der Waals surface area contributed by atoms with Crippen LogP contribution in [0.2, 0.25) is 0 Å². The molecule has 2 aromatic carbocycles. The number of hydrogen-bond acceptors (Lipinski definition) is 5. The summed E-state index contributed by atoms with van der Waals surface area (Å²) in [5, 5.41) is 10.7. The van der Waals surface area contributed by atoms with Gasteiger partial charge in [-0.1, -0.05) is 52.0 Å². The second kappa shape index (κ2) is 8.72. The number of aryl methyl sites for hydroxylation is 1. The quantitative estimate of drug-likeness (QED) is 0.704. The third-order valence-electron chi connectivity index (χ3n) is 6.59. The number of allylic oxidation sites excluding steroid dienone is 1. The van der Waals surface area contributed by atoms with E-state index in [0.29, 0.717) is 29.2 Å². The molecule has 0 atom stereocenters. The highest BCUT2D eigenvalue weighted by atomic mass is 16.5.